The first-order valence-electron chi connectivity index (χ1n) is 19.6. The monoisotopic (exact) mass is 903 g/mol. The van der Waals surface area contributed by atoms with Gasteiger partial charge in [0.1, 0.15) is 29.0 Å². The molecule has 0 saturated carbocycles. The lowest BCUT2D eigenvalue weighted by Gasteiger charge is -2.20. The maximum Gasteiger partial charge on any atom is 0.519 e. The highest BCUT2D eigenvalue weighted by Gasteiger charge is 2.24. The molecule has 360 valence electrons. The number of esters is 3. The molecular weight excluding hydrogens is 826 g/mol. The Kier molecular flexibility index (Phi) is 41.5. The summed E-state index contributed by atoms with van der Waals surface area (Å²) in [5.74, 6) is -0.854. The summed E-state index contributed by atoms with van der Waals surface area (Å²) in [4.78, 5) is 65.4. The lowest BCUT2D eigenvalue weighted by atomic mass is 10.2. The second kappa shape index (κ2) is 38.1. The molecule has 0 atom stereocenters. The van der Waals surface area contributed by atoms with Gasteiger partial charge < -0.3 is 58.6 Å². The molecule has 0 heterocycles. The summed E-state index contributed by atoms with van der Waals surface area (Å²) >= 11 is 4.87. The number of hydrogen-bond donors (Lipinski definition) is 3. The van der Waals surface area contributed by atoms with Gasteiger partial charge in [-0.15, -0.1) is 0 Å². The van der Waals surface area contributed by atoms with Gasteiger partial charge in [-0.3, -0.25) is 14.4 Å². The molecule has 19 heteroatoms. The minimum atomic E-state index is -1.06. The van der Waals surface area contributed by atoms with Gasteiger partial charge in [-0.05, 0) is 121 Å². The van der Waals surface area contributed by atoms with Crippen LogP contribution in [0.4, 0.5) is 9.59 Å². The van der Waals surface area contributed by atoms with Crippen molar-refractivity contribution >= 4 is 47.1 Å². The van der Waals surface area contributed by atoms with E-state index in [4.69, 9.17) is 65.4 Å². The molecule has 18 nitrogen and oxygen atoms in total. The minimum Gasteiger partial charge on any atom is -0.460 e. The predicted octanol–water partition coefficient (Wildman–Crippen LogP) is 6.52. The van der Waals surface area contributed by atoms with Gasteiger partial charge in [0.15, 0.2) is 0 Å². The Balaban J connectivity index is -0.000000226. The van der Waals surface area contributed by atoms with Crippen molar-refractivity contribution in [2.45, 2.75) is 145 Å². The molecule has 0 radical (unpaired) electrons. The Labute approximate surface area is 369 Å². The van der Waals surface area contributed by atoms with Gasteiger partial charge in [0.2, 0.25) is 5.24 Å². The number of allylic oxidation sites excluding steroid dienone is 1. The molecule has 0 aromatic heterocycles. The third-order valence-corrected chi connectivity index (χ3v) is 5.33. The summed E-state index contributed by atoms with van der Waals surface area (Å²) in [6.45, 7) is 34.3. The number of aliphatic hydroxyl groups is 2. The number of halogens is 1. The van der Waals surface area contributed by atoms with Crippen molar-refractivity contribution in [2.24, 2.45) is 5.73 Å². The summed E-state index contributed by atoms with van der Waals surface area (Å²) in [5, 5.41) is 16.1. The molecule has 4 N–H and O–H groups in total. The van der Waals surface area contributed by atoms with Crippen molar-refractivity contribution in [2.75, 3.05) is 66.0 Å². The minimum absolute atomic E-state index is 0.0203. The number of ether oxygens (including phenoxy) is 9. The maximum atomic E-state index is 11.4. The van der Waals surface area contributed by atoms with Gasteiger partial charge in [0, 0.05) is 43.7 Å². The third-order valence-electron chi connectivity index (χ3n) is 5.00. The molecule has 0 aliphatic rings. The lowest BCUT2D eigenvalue weighted by Crippen LogP contribution is -2.29. The van der Waals surface area contributed by atoms with Crippen LogP contribution < -0.4 is 5.73 Å². The van der Waals surface area contributed by atoms with E-state index in [1.165, 1.54) is 0 Å². The lowest BCUT2D eigenvalue weighted by molar-refractivity contribution is -0.156. The highest BCUT2D eigenvalue weighted by molar-refractivity contribution is 6.67. The first kappa shape index (κ1) is 66.4. The van der Waals surface area contributed by atoms with E-state index in [1.807, 2.05) is 41.5 Å². The Morgan fingerprint density at radius 1 is 0.525 bits per heavy atom. The average Bonchev–Trinajstić information content (AvgIpc) is 3.05. The zero-order chi connectivity index (χ0) is 48.9. The van der Waals surface area contributed by atoms with E-state index in [9.17, 15) is 28.8 Å². The summed E-state index contributed by atoms with van der Waals surface area (Å²) < 4.78 is 43.9. The number of carbonyl (C=O) groups is 6. The van der Waals surface area contributed by atoms with Crippen molar-refractivity contribution in [1.82, 2.24) is 0 Å². The molecular formula is C42H78ClNO17. The second-order valence-corrected chi connectivity index (χ2v) is 16.8. The SMILES string of the molecule is C=C(C)C(=O)Cl.C=C(C)C(=O)OCCOCCCC(=O)OC(C)(C)C.CC(C)(C)OC(=O)CCCOCCO.CC(C)(C)OC(=O)OC(=O)OC(C)(C)C.NCCOCCO. The standard InChI is InChI=1S/C14H24O5.C10H18O5.C10H20O4.C4H5ClO.C4H11NO2/c1-11(2)13(16)18-10-9-17-8-6-7-12(15)19-14(3,4)5;1-9(2,3)14-7(11)13-8(12)15-10(4,5)6;1-10(2,3)14-9(12)5-4-7-13-8-6-11;1-3(2)4(5)6;5-1-3-7-4-2-6/h1,6-10H2,2-5H3;1-6H3;11H,4-8H2,1-3H3;1H2,2H3;6H,1-5H2. The molecule has 0 amide bonds. The second-order valence-electron chi connectivity index (χ2n) is 16.5. The quantitative estimate of drug-likeness (QED) is 0.0312. The summed E-state index contributed by atoms with van der Waals surface area (Å²) in [6, 6.07) is 0. The molecule has 61 heavy (non-hydrogen) atoms. The third kappa shape index (κ3) is 68.3. The molecule has 0 aliphatic carbocycles. The Hall–Kier alpha value is -3.65. The Morgan fingerprint density at radius 3 is 1.13 bits per heavy atom. The molecule has 0 unspecified atom stereocenters. The van der Waals surface area contributed by atoms with Crippen LogP contribution in [-0.2, 0) is 61.8 Å². The number of rotatable bonds is 19. The molecule has 0 aliphatic heterocycles. The molecule has 0 aromatic rings. The van der Waals surface area contributed by atoms with E-state index >= 15 is 0 Å². The molecule has 0 spiro atoms. The van der Waals surface area contributed by atoms with Crippen molar-refractivity contribution in [3.05, 3.63) is 24.3 Å². The highest BCUT2D eigenvalue weighted by Crippen LogP contribution is 2.12. The molecule has 0 fully saturated rings. The van der Waals surface area contributed by atoms with Crippen LogP contribution in [0.5, 0.6) is 0 Å². The van der Waals surface area contributed by atoms with Crippen LogP contribution in [0.15, 0.2) is 24.3 Å². The van der Waals surface area contributed by atoms with Gasteiger partial charge in [-0.2, -0.15) is 0 Å². The number of nitrogens with two attached hydrogens (primary N) is 1. The first-order valence-corrected chi connectivity index (χ1v) is 20.0. The van der Waals surface area contributed by atoms with E-state index in [2.05, 4.69) is 17.9 Å². The Morgan fingerprint density at radius 2 is 0.852 bits per heavy atom. The van der Waals surface area contributed by atoms with Crippen LogP contribution in [0.2, 0.25) is 0 Å². The molecule has 0 rings (SSSR count). The summed E-state index contributed by atoms with van der Waals surface area (Å²) in [7, 11) is 0. The summed E-state index contributed by atoms with van der Waals surface area (Å²) in [5.41, 5.74) is 3.56. The van der Waals surface area contributed by atoms with Crippen LogP contribution in [0.25, 0.3) is 0 Å². The van der Waals surface area contributed by atoms with Gasteiger partial charge in [-0.1, -0.05) is 13.2 Å². The smallest absolute Gasteiger partial charge is 0.460 e. The van der Waals surface area contributed by atoms with Crippen molar-refractivity contribution in [1.29, 1.82) is 0 Å². The summed E-state index contributed by atoms with van der Waals surface area (Å²) in [6.07, 6.45) is -0.211. The van der Waals surface area contributed by atoms with Crippen molar-refractivity contribution in [3.63, 3.8) is 0 Å². The largest absolute Gasteiger partial charge is 0.519 e. The topological polar surface area (TPSA) is 252 Å². The predicted molar refractivity (Wildman–Crippen MR) is 231 cm³/mol. The van der Waals surface area contributed by atoms with E-state index in [1.54, 1.807) is 55.4 Å². The zero-order valence-electron chi connectivity index (χ0n) is 39.3. The zero-order valence-corrected chi connectivity index (χ0v) is 40.0. The molecule has 0 bridgehead atoms. The van der Waals surface area contributed by atoms with E-state index in [0.29, 0.717) is 83.0 Å². The number of aliphatic hydroxyl groups excluding tert-OH is 2. The van der Waals surface area contributed by atoms with Crippen LogP contribution in [0.1, 0.15) is 123 Å². The van der Waals surface area contributed by atoms with Gasteiger partial charge in [0.25, 0.3) is 0 Å². The van der Waals surface area contributed by atoms with Crippen LogP contribution >= 0.6 is 11.6 Å². The van der Waals surface area contributed by atoms with Gasteiger partial charge in [-0.25, -0.2) is 14.4 Å². The fourth-order valence-electron chi connectivity index (χ4n) is 2.87. The van der Waals surface area contributed by atoms with Crippen molar-refractivity contribution < 1.29 is 81.6 Å². The normalized spacial score (nSPS) is 10.8. The molecule has 0 saturated heterocycles. The molecule has 0 aromatic carbocycles. The van der Waals surface area contributed by atoms with E-state index < -0.39 is 45.9 Å². The van der Waals surface area contributed by atoms with E-state index in [-0.39, 0.29) is 31.8 Å². The van der Waals surface area contributed by atoms with E-state index in [0.717, 1.165) is 0 Å². The fourth-order valence-corrected chi connectivity index (χ4v) is 2.87. The number of carbonyl (C=O) groups excluding carboxylic acids is 6. The Bertz CT molecular complexity index is 1200. The average molecular weight is 905 g/mol. The highest BCUT2D eigenvalue weighted by atomic mass is 35.5. The van der Waals surface area contributed by atoms with Gasteiger partial charge in [0.05, 0.1) is 39.6 Å². The maximum absolute atomic E-state index is 11.4. The van der Waals surface area contributed by atoms with Gasteiger partial charge >= 0.3 is 30.2 Å². The van der Waals surface area contributed by atoms with Crippen molar-refractivity contribution in [3.8, 4) is 0 Å². The number of hydrogen-bond acceptors (Lipinski definition) is 18. The van der Waals surface area contributed by atoms with Crippen LogP contribution in [0, 0.1) is 0 Å². The fraction of sp³-hybridized carbons (Fsp3) is 0.762. The first-order chi connectivity index (χ1) is 27.7. The van der Waals surface area contributed by atoms with Crippen LogP contribution in [0.3, 0.4) is 0 Å². The van der Waals surface area contributed by atoms with Crippen LogP contribution in [-0.4, -0.2) is 134 Å².